The molecule has 3 aromatic carbocycles. The van der Waals surface area contributed by atoms with Crippen LogP contribution in [-0.2, 0) is 20.7 Å². The maximum atomic E-state index is 14.2. The van der Waals surface area contributed by atoms with Gasteiger partial charge in [0.25, 0.3) is 11.8 Å². The molecule has 214 valence electrons. The molecular formula is C32H29N3O7. The van der Waals surface area contributed by atoms with Gasteiger partial charge in [0, 0.05) is 17.7 Å². The molecule has 3 aromatic rings. The van der Waals surface area contributed by atoms with E-state index in [1.54, 1.807) is 61.7 Å². The molecule has 1 spiro atoms. The van der Waals surface area contributed by atoms with Crippen molar-refractivity contribution in [3.63, 3.8) is 0 Å². The first kappa shape index (κ1) is 27.1. The zero-order valence-corrected chi connectivity index (χ0v) is 23.2. The van der Waals surface area contributed by atoms with Crippen molar-refractivity contribution in [2.24, 2.45) is 0 Å². The highest BCUT2D eigenvalue weighted by Gasteiger charge is 2.60. The molecule has 5 amide bonds. The van der Waals surface area contributed by atoms with Gasteiger partial charge in [0.05, 0.1) is 25.9 Å². The van der Waals surface area contributed by atoms with Crippen LogP contribution in [0.2, 0.25) is 0 Å². The number of urea groups is 1. The Hall–Kier alpha value is -5.12. The first-order chi connectivity index (χ1) is 20.4. The summed E-state index contributed by atoms with van der Waals surface area (Å²) < 4.78 is 15.8. The number of imide groups is 2. The van der Waals surface area contributed by atoms with Crippen LogP contribution in [0, 0.1) is 0 Å². The lowest BCUT2D eigenvalue weighted by molar-refractivity contribution is -0.125. The summed E-state index contributed by atoms with van der Waals surface area (Å²) in [5.41, 5.74) is 0.715. The molecule has 6 rings (SSSR count). The lowest BCUT2D eigenvalue weighted by Gasteiger charge is -2.32. The van der Waals surface area contributed by atoms with Crippen molar-refractivity contribution >= 4 is 35.3 Å². The fraction of sp³-hybridized carbons (Fsp3) is 0.250. The molecule has 0 bridgehead atoms. The topological polar surface area (TPSA) is 106 Å². The maximum Gasteiger partial charge on any atom is 0.417 e. The highest BCUT2D eigenvalue weighted by Crippen LogP contribution is 2.46. The molecule has 3 aliphatic rings. The molecule has 10 heteroatoms. The van der Waals surface area contributed by atoms with Crippen LogP contribution in [0.4, 0.5) is 21.0 Å². The van der Waals surface area contributed by atoms with Gasteiger partial charge in [-0.05, 0) is 66.9 Å². The number of carbonyl (C=O) groups excluding carboxylic acids is 4. The van der Waals surface area contributed by atoms with E-state index >= 15 is 0 Å². The number of hydrogen-bond donors (Lipinski definition) is 0. The van der Waals surface area contributed by atoms with Crippen molar-refractivity contribution in [1.29, 1.82) is 0 Å². The Balaban J connectivity index is 1.33. The summed E-state index contributed by atoms with van der Waals surface area (Å²) in [7, 11) is 3.07. The van der Waals surface area contributed by atoms with E-state index in [-0.39, 0.29) is 25.0 Å². The van der Waals surface area contributed by atoms with Crippen molar-refractivity contribution in [1.82, 2.24) is 4.90 Å². The minimum Gasteiger partial charge on any atom is -0.497 e. The highest BCUT2D eigenvalue weighted by molar-refractivity contribution is 6.31. The molecule has 0 N–H and O–H groups in total. The number of rotatable bonds is 7. The number of ether oxygens (including phenoxy) is 3. The van der Waals surface area contributed by atoms with Gasteiger partial charge in [0.1, 0.15) is 23.6 Å². The number of methoxy groups -OCH3 is 2. The summed E-state index contributed by atoms with van der Waals surface area (Å²) in [6, 6.07) is 22.0. The third-order valence-electron chi connectivity index (χ3n) is 8.01. The maximum absolute atomic E-state index is 14.2. The molecule has 2 atom stereocenters. The van der Waals surface area contributed by atoms with Gasteiger partial charge < -0.3 is 14.2 Å². The van der Waals surface area contributed by atoms with E-state index < -0.39 is 35.5 Å². The van der Waals surface area contributed by atoms with Crippen LogP contribution in [-0.4, -0.2) is 61.2 Å². The van der Waals surface area contributed by atoms with Crippen LogP contribution in [0.3, 0.4) is 0 Å². The number of amides is 5. The van der Waals surface area contributed by atoms with Crippen molar-refractivity contribution < 1.29 is 33.4 Å². The van der Waals surface area contributed by atoms with Gasteiger partial charge in [-0.15, -0.1) is 0 Å². The summed E-state index contributed by atoms with van der Waals surface area (Å²) in [5, 5.41) is 0. The summed E-state index contributed by atoms with van der Waals surface area (Å²) in [6.07, 6.45) is 1.42. The lowest BCUT2D eigenvalue weighted by atomic mass is 9.92. The van der Waals surface area contributed by atoms with Gasteiger partial charge >= 0.3 is 12.1 Å². The van der Waals surface area contributed by atoms with E-state index in [0.29, 0.717) is 29.3 Å². The van der Waals surface area contributed by atoms with Crippen LogP contribution in [0.15, 0.2) is 90.5 Å². The van der Waals surface area contributed by atoms with Gasteiger partial charge in [-0.2, -0.15) is 0 Å². The molecular weight excluding hydrogens is 538 g/mol. The SMILES string of the molecule is COc1ccc(N2C(=O)N(c3ccc(OC)cc3)C3(CC=C(C(=O)N4C(=O)OC[C@@H]4Cc4ccccc4)C3)C2=O)cc1. The number of nitrogens with zero attached hydrogens (tertiary/aromatic N) is 3. The monoisotopic (exact) mass is 567 g/mol. The minimum atomic E-state index is -1.39. The van der Waals surface area contributed by atoms with Gasteiger partial charge in [-0.25, -0.2) is 19.4 Å². The van der Waals surface area contributed by atoms with Crippen LogP contribution in [0.1, 0.15) is 18.4 Å². The summed E-state index contributed by atoms with van der Waals surface area (Å²) in [4.78, 5) is 58.5. The first-order valence-corrected chi connectivity index (χ1v) is 13.6. The predicted octanol–water partition coefficient (Wildman–Crippen LogP) is 4.73. The first-order valence-electron chi connectivity index (χ1n) is 13.6. The standard InChI is InChI=1S/C32H29N3O7/c1-40-26-12-8-23(9-13-26)34-29(37)32(35(30(34)38)24-10-14-27(41-2)15-11-24)17-16-22(19-32)28(36)33-25(20-42-31(33)39)18-21-6-4-3-5-7-21/h3-16,25H,17-20H2,1-2H3/t25-,32?/m0/s1. The van der Waals surface area contributed by atoms with Gasteiger partial charge in [-0.3, -0.25) is 14.5 Å². The summed E-state index contributed by atoms with van der Waals surface area (Å²) in [5.74, 6) is 0.193. The van der Waals surface area contributed by atoms with Crippen LogP contribution in [0.5, 0.6) is 11.5 Å². The normalized spacial score (nSPS) is 21.7. The third kappa shape index (κ3) is 4.45. The second-order valence-corrected chi connectivity index (χ2v) is 10.4. The number of cyclic esters (lactones) is 1. The van der Waals surface area contributed by atoms with Crippen molar-refractivity contribution in [2.45, 2.75) is 30.8 Å². The van der Waals surface area contributed by atoms with Crippen molar-refractivity contribution in [3.8, 4) is 11.5 Å². The third-order valence-corrected chi connectivity index (χ3v) is 8.01. The number of carbonyl (C=O) groups is 4. The van der Waals surface area contributed by atoms with E-state index in [9.17, 15) is 19.2 Å². The Bertz CT molecular complexity index is 1570. The minimum absolute atomic E-state index is 0.0586. The Labute approximate surface area is 242 Å². The summed E-state index contributed by atoms with van der Waals surface area (Å²) in [6.45, 7) is 0.0819. The molecule has 2 aliphatic heterocycles. The Morgan fingerprint density at radius 1 is 0.881 bits per heavy atom. The fourth-order valence-corrected chi connectivity index (χ4v) is 5.87. The molecule has 0 saturated carbocycles. The molecule has 2 heterocycles. The van der Waals surface area contributed by atoms with E-state index in [4.69, 9.17) is 14.2 Å². The number of hydrogen-bond acceptors (Lipinski definition) is 7. The van der Waals surface area contributed by atoms with Gasteiger partial charge in [-0.1, -0.05) is 36.4 Å². The zero-order valence-electron chi connectivity index (χ0n) is 23.2. The molecule has 2 fully saturated rings. The van der Waals surface area contributed by atoms with Crippen molar-refractivity contribution in [3.05, 3.63) is 96.1 Å². The van der Waals surface area contributed by atoms with E-state index in [1.807, 2.05) is 30.3 Å². The molecule has 1 aliphatic carbocycles. The highest BCUT2D eigenvalue weighted by atomic mass is 16.6. The quantitative estimate of drug-likeness (QED) is 0.380. The van der Waals surface area contributed by atoms with Gasteiger partial charge in [0.15, 0.2) is 0 Å². The molecule has 0 radical (unpaired) electrons. The molecule has 10 nitrogen and oxygen atoms in total. The average molecular weight is 568 g/mol. The lowest BCUT2D eigenvalue weighted by Crippen LogP contribution is -2.49. The Morgan fingerprint density at radius 3 is 2.12 bits per heavy atom. The molecule has 2 saturated heterocycles. The number of anilines is 2. The Kier molecular flexibility index (Phi) is 6.89. The predicted molar refractivity (Wildman–Crippen MR) is 154 cm³/mol. The van der Waals surface area contributed by atoms with Crippen LogP contribution >= 0.6 is 0 Å². The Morgan fingerprint density at radius 2 is 1.50 bits per heavy atom. The van der Waals surface area contributed by atoms with Gasteiger partial charge in [0.2, 0.25) is 0 Å². The zero-order chi connectivity index (χ0) is 29.4. The molecule has 1 unspecified atom stereocenters. The second-order valence-electron chi connectivity index (χ2n) is 10.4. The molecule has 42 heavy (non-hydrogen) atoms. The van der Waals surface area contributed by atoms with Crippen LogP contribution < -0.4 is 19.3 Å². The van der Waals surface area contributed by atoms with Crippen molar-refractivity contribution in [2.75, 3.05) is 30.6 Å². The van der Waals surface area contributed by atoms with E-state index in [2.05, 4.69) is 0 Å². The largest absolute Gasteiger partial charge is 0.497 e. The van der Waals surface area contributed by atoms with Crippen LogP contribution in [0.25, 0.3) is 0 Å². The van der Waals surface area contributed by atoms with E-state index in [1.165, 1.54) is 12.0 Å². The molecule has 0 aromatic heterocycles. The average Bonchev–Trinajstić information content (AvgIpc) is 3.68. The van der Waals surface area contributed by atoms with E-state index in [0.717, 1.165) is 15.4 Å². The fourth-order valence-electron chi connectivity index (χ4n) is 5.87. The number of benzene rings is 3. The second kappa shape index (κ2) is 10.7. The smallest absolute Gasteiger partial charge is 0.417 e. The summed E-state index contributed by atoms with van der Waals surface area (Å²) >= 11 is 0.